The highest BCUT2D eigenvalue weighted by molar-refractivity contribution is 5.97. The lowest BCUT2D eigenvalue weighted by Crippen LogP contribution is -2.13. The Morgan fingerprint density at radius 2 is 0.800 bits per heavy atom. The molecule has 0 radical (unpaired) electrons. The van der Waals surface area contributed by atoms with Gasteiger partial charge in [-0.15, -0.1) is 6.58 Å². The van der Waals surface area contributed by atoms with Crippen molar-refractivity contribution in [3.8, 4) is 56.8 Å². The topological polar surface area (TPSA) is 107 Å². The number of unbranched alkanes of at least 4 members (excludes halogenated alkanes) is 14. The van der Waals surface area contributed by atoms with Gasteiger partial charge in [0.25, 0.3) is 0 Å². The predicted molar refractivity (Wildman–Crippen MR) is 279 cm³/mol. The van der Waals surface area contributed by atoms with Gasteiger partial charge in [-0.25, -0.2) is 14.4 Å². The predicted octanol–water partition coefficient (Wildman–Crippen LogP) is 15.9. The lowest BCUT2D eigenvalue weighted by atomic mass is 10.1. The van der Waals surface area contributed by atoms with Crippen LogP contribution in [0.1, 0.15) is 141 Å². The fourth-order valence-electron chi connectivity index (χ4n) is 7.95. The number of hydrogen-bond acceptors (Lipinski definition) is 9. The maximum Gasteiger partial charge on any atom is 0.343 e. The zero-order chi connectivity index (χ0) is 49.2. The number of methoxy groups -OCH3 is 1. The van der Waals surface area contributed by atoms with Gasteiger partial charge in [-0.1, -0.05) is 145 Å². The van der Waals surface area contributed by atoms with Crippen LogP contribution in [-0.4, -0.2) is 38.2 Å². The summed E-state index contributed by atoms with van der Waals surface area (Å²) in [5.41, 5.74) is 4.43. The highest BCUT2D eigenvalue weighted by Crippen LogP contribution is 2.31. The van der Waals surface area contributed by atoms with Crippen LogP contribution in [-0.2, 0) is 0 Å². The number of esters is 3. The normalized spacial score (nSPS) is 10.8. The molecule has 366 valence electrons. The Kier molecular flexibility index (Phi) is 21.7. The van der Waals surface area contributed by atoms with E-state index >= 15 is 0 Å². The highest BCUT2D eigenvalue weighted by Gasteiger charge is 2.19. The zero-order valence-electron chi connectivity index (χ0n) is 41.0. The Morgan fingerprint density at radius 3 is 1.23 bits per heavy atom. The van der Waals surface area contributed by atoms with Crippen LogP contribution in [0.3, 0.4) is 0 Å². The van der Waals surface area contributed by atoms with E-state index in [1.165, 1.54) is 121 Å². The second kappa shape index (κ2) is 29.0. The first kappa shape index (κ1) is 52.2. The van der Waals surface area contributed by atoms with Gasteiger partial charge in [0.15, 0.2) is 11.5 Å². The fraction of sp³-hybridized carbons (Fsp3) is 0.328. The SMILES string of the molecule is C=CCCCCCCCCCOc1ccc(-c2ccc(OC(=O)c3cccc(C(=O)Oc4ccc(C(=O)Oc5ccc(-c6ccc(OCCCCCCCCCC)cc6)cc5)cc4OC)c3)cc2)cc1. The average Bonchev–Trinajstić information content (AvgIpc) is 3.39. The molecule has 70 heavy (non-hydrogen) atoms. The Morgan fingerprint density at radius 1 is 0.414 bits per heavy atom. The Hall–Kier alpha value is -7.13. The Bertz CT molecular complexity index is 2530. The molecular weight excluding hydrogens is 877 g/mol. The summed E-state index contributed by atoms with van der Waals surface area (Å²) in [5, 5.41) is 0. The van der Waals surface area contributed by atoms with E-state index in [-0.39, 0.29) is 28.2 Å². The van der Waals surface area contributed by atoms with E-state index in [0.29, 0.717) is 24.7 Å². The summed E-state index contributed by atoms with van der Waals surface area (Å²) in [7, 11) is 1.41. The molecule has 0 aliphatic rings. The number of carbonyl (C=O) groups is 3. The van der Waals surface area contributed by atoms with E-state index in [0.717, 1.165) is 53.0 Å². The van der Waals surface area contributed by atoms with Gasteiger partial charge >= 0.3 is 17.9 Å². The monoisotopic (exact) mass is 944 g/mol. The molecular formula is C61H68O9. The van der Waals surface area contributed by atoms with Crippen LogP contribution in [0.5, 0.6) is 34.5 Å². The average molecular weight is 945 g/mol. The van der Waals surface area contributed by atoms with E-state index in [1.54, 1.807) is 36.4 Å². The van der Waals surface area contributed by atoms with Crippen LogP contribution in [0.25, 0.3) is 22.3 Å². The summed E-state index contributed by atoms with van der Waals surface area (Å²) in [6, 6.07) is 40.9. The van der Waals surface area contributed by atoms with Gasteiger partial charge in [0, 0.05) is 0 Å². The fourth-order valence-corrected chi connectivity index (χ4v) is 7.95. The summed E-state index contributed by atoms with van der Waals surface area (Å²) < 4.78 is 34.4. The first-order chi connectivity index (χ1) is 34.3. The molecule has 0 N–H and O–H groups in total. The molecule has 0 amide bonds. The third-order valence-electron chi connectivity index (χ3n) is 12.0. The van der Waals surface area contributed by atoms with Crippen molar-refractivity contribution >= 4 is 17.9 Å². The van der Waals surface area contributed by atoms with Crippen molar-refractivity contribution in [1.82, 2.24) is 0 Å². The number of allylic oxidation sites excluding steroid dienone is 1. The van der Waals surface area contributed by atoms with Crippen LogP contribution in [0.15, 0.2) is 152 Å². The summed E-state index contributed by atoms with van der Waals surface area (Å²) in [6.45, 7) is 7.44. The number of ether oxygens (including phenoxy) is 6. The van der Waals surface area contributed by atoms with Crippen LogP contribution in [0.4, 0.5) is 0 Å². The highest BCUT2D eigenvalue weighted by atomic mass is 16.6. The van der Waals surface area contributed by atoms with Crippen molar-refractivity contribution in [3.63, 3.8) is 0 Å². The summed E-state index contributed by atoms with van der Waals surface area (Å²) >= 11 is 0. The van der Waals surface area contributed by atoms with Gasteiger partial charge in [-0.05, 0) is 133 Å². The lowest BCUT2D eigenvalue weighted by molar-refractivity contribution is 0.0724. The third kappa shape index (κ3) is 17.1. The largest absolute Gasteiger partial charge is 0.494 e. The first-order valence-electron chi connectivity index (χ1n) is 25.1. The first-order valence-corrected chi connectivity index (χ1v) is 25.1. The number of carbonyl (C=O) groups excluding carboxylic acids is 3. The number of benzene rings is 6. The summed E-state index contributed by atoms with van der Waals surface area (Å²) in [4.78, 5) is 39.7. The molecule has 0 spiro atoms. The van der Waals surface area contributed by atoms with Crippen LogP contribution in [0.2, 0.25) is 0 Å². The van der Waals surface area contributed by atoms with Gasteiger partial charge in [-0.3, -0.25) is 0 Å². The molecule has 0 aromatic heterocycles. The molecule has 0 fully saturated rings. The molecule has 6 aromatic rings. The molecule has 0 unspecified atom stereocenters. The van der Waals surface area contributed by atoms with E-state index in [2.05, 4.69) is 13.5 Å². The molecule has 9 nitrogen and oxygen atoms in total. The van der Waals surface area contributed by atoms with Crippen molar-refractivity contribution < 1.29 is 42.8 Å². The Labute approximate surface area is 414 Å². The molecule has 0 saturated carbocycles. The van der Waals surface area contributed by atoms with E-state index < -0.39 is 17.9 Å². The molecule has 6 aromatic carbocycles. The standard InChI is InChI=1S/C61H68O9/c1-4-6-8-10-12-14-16-18-20-43-67-54-33-24-46(25-34-54)48-28-37-55(38-29-48)68-59(62)50-22-21-23-51(44-50)61(64)70-57-41-32-52(45-58(57)65-3)60(63)69-56-39-30-49(31-40-56)47-26-35-53(36-27-47)66-42-19-17-15-13-11-9-7-5-2/h4,21-41,44-45H,1,5-20,42-43H2,2-3H3. The second-order valence-corrected chi connectivity index (χ2v) is 17.4. The van der Waals surface area contributed by atoms with Crippen molar-refractivity contribution in [3.05, 3.63) is 169 Å². The van der Waals surface area contributed by atoms with Crippen molar-refractivity contribution in [2.75, 3.05) is 20.3 Å². The minimum absolute atomic E-state index is 0.0835. The minimum Gasteiger partial charge on any atom is -0.494 e. The van der Waals surface area contributed by atoms with Crippen molar-refractivity contribution in [2.45, 2.75) is 110 Å². The van der Waals surface area contributed by atoms with E-state index in [4.69, 9.17) is 28.4 Å². The van der Waals surface area contributed by atoms with Gasteiger partial charge in [0.1, 0.15) is 23.0 Å². The zero-order valence-corrected chi connectivity index (χ0v) is 41.0. The van der Waals surface area contributed by atoms with Gasteiger partial charge in [0.2, 0.25) is 0 Å². The minimum atomic E-state index is -0.730. The van der Waals surface area contributed by atoms with Crippen LogP contribution in [0, 0.1) is 0 Å². The Balaban J connectivity index is 0.932. The molecule has 0 aliphatic carbocycles. The van der Waals surface area contributed by atoms with Crippen LogP contribution < -0.4 is 28.4 Å². The number of hydrogen-bond donors (Lipinski definition) is 0. The maximum absolute atomic E-state index is 13.3. The summed E-state index contributed by atoms with van der Waals surface area (Å²) in [6.07, 6.45) is 21.7. The third-order valence-corrected chi connectivity index (χ3v) is 12.0. The van der Waals surface area contributed by atoms with E-state index in [9.17, 15) is 14.4 Å². The molecule has 6 rings (SSSR count). The van der Waals surface area contributed by atoms with Crippen molar-refractivity contribution in [2.24, 2.45) is 0 Å². The molecule has 0 aliphatic heterocycles. The second-order valence-electron chi connectivity index (χ2n) is 17.4. The van der Waals surface area contributed by atoms with Gasteiger partial charge < -0.3 is 28.4 Å². The molecule has 0 atom stereocenters. The molecule has 0 heterocycles. The summed E-state index contributed by atoms with van der Waals surface area (Å²) in [5.74, 6) is 0.668. The quantitative estimate of drug-likeness (QED) is 0.0189. The van der Waals surface area contributed by atoms with Gasteiger partial charge in [0.05, 0.1) is 37.0 Å². The van der Waals surface area contributed by atoms with Crippen molar-refractivity contribution in [1.29, 1.82) is 0 Å². The molecule has 0 saturated heterocycles. The lowest BCUT2D eigenvalue weighted by Gasteiger charge is -2.12. The number of rotatable bonds is 30. The van der Waals surface area contributed by atoms with Crippen LogP contribution >= 0.6 is 0 Å². The smallest absolute Gasteiger partial charge is 0.343 e. The van der Waals surface area contributed by atoms with E-state index in [1.807, 2.05) is 78.9 Å². The van der Waals surface area contributed by atoms with Gasteiger partial charge in [-0.2, -0.15) is 0 Å². The molecule has 9 heteroatoms. The molecule has 0 bridgehead atoms. The maximum atomic E-state index is 13.3.